The van der Waals surface area contributed by atoms with Gasteiger partial charge in [0.05, 0.1) is 0 Å². The lowest BCUT2D eigenvalue weighted by Crippen LogP contribution is -2.12. The van der Waals surface area contributed by atoms with Crippen LogP contribution in [0.3, 0.4) is 0 Å². The second-order valence-electron chi connectivity index (χ2n) is 4.42. The third-order valence-corrected chi connectivity index (χ3v) is 3.45. The van der Waals surface area contributed by atoms with Crippen molar-refractivity contribution in [2.45, 2.75) is 25.4 Å². The molecule has 0 saturated heterocycles. The van der Waals surface area contributed by atoms with Gasteiger partial charge in [-0.05, 0) is 30.4 Å². The van der Waals surface area contributed by atoms with E-state index in [-0.39, 0.29) is 6.61 Å². The number of nitrogens with two attached hydrogens (primary N) is 1. The number of carbonyl (C=O) groups is 1. The number of ether oxygens (including phenoxy) is 1. The molecular formula is C12H12ClN3O2. The number of nitrogens with zero attached hydrogens (tertiary/aromatic N) is 2. The second kappa shape index (κ2) is 4.17. The molecule has 1 aliphatic carbocycles. The zero-order chi connectivity index (χ0) is 12.7. The van der Waals surface area contributed by atoms with Crippen molar-refractivity contribution in [1.82, 2.24) is 9.38 Å². The SMILES string of the molecule is NC(=O)OCc1nc2ccc(C3CC3)cn2c1Cl. The lowest BCUT2D eigenvalue weighted by Gasteiger charge is -2.00. The number of imidazole rings is 1. The molecule has 1 aliphatic rings. The number of hydrogen-bond acceptors (Lipinski definition) is 3. The summed E-state index contributed by atoms with van der Waals surface area (Å²) in [5.74, 6) is 0.651. The fourth-order valence-corrected chi connectivity index (χ4v) is 2.20. The van der Waals surface area contributed by atoms with E-state index in [0.29, 0.717) is 16.8 Å². The van der Waals surface area contributed by atoms with Gasteiger partial charge in [0.25, 0.3) is 0 Å². The highest BCUT2D eigenvalue weighted by atomic mass is 35.5. The van der Waals surface area contributed by atoms with Gasteiger partial charge in [-0.1, -0.05) is 17.7 Å². The second-order valence-corrected chi connectivity index (χ2v) is 4.78. The van der Waals surface area contributed by atoms with E-state index < -0.39 is 6.09 Å². The minimum Gasteiger partial charge on any atom is -0.443 e. The summed E-state index contributed by atoms with van der Waals surface area (Å²) in [5.41, 5.74) is 7.45. The lowest BCUT2D eigenvalue weighted by molar-refractivity contribution is 0.149. The highest BCUT2D eigenvalue weighted by Crippen LogP contribution is 2.40. The molecule has 0 unspecified atom stereocenters. The molecule has 2 aromatic rings. The molecular weight excluding hydrogens is 254 g/mol. The van der Waals surface area contributed by atoms with Gasteiger partial charge < -0.3 is 10.5 Å². The summed E-state index contributed by atoms with van der Waals surface area (Å²) in [6, 6.07) is 3.99. The predicted molar refractivity (Wildman–Crippen MR) is 66.5 cm³/mol. The Hall–Kier alpha value is -1.75. The Kier molecular flexibility index (Phi) is 2.63. The molecule has 6 heteroatoms. The van der Waals surface area contributed by atoms with Crippen LogP contribution in [0.4, 0.5) is 4.79 Å². The molecule has 0 spiro atoms. The topological polar surface area (TPSA) is 69.6 Å². The Morgan fingerprint density at radius 2 is 2.33 bits per heavy atom. The number of amides is 1. The Bertz CT molecular complexity index is 619. The molecule has 1 saturated carbocycles. The van der Waals surface area contributed by atoms with E-state index in [9.17, 15) is 4.79 Å². The van der Waals surface area contributed by atoms with Crippen LogP contribution in [-0.4, -0.2) is 15.5 Å². The van der Waals surface area contributed by atoms with E-state index in [0.717, 1.165) is 5.65 Å². The van der Waals surface area contributed by atoms with Gasteiger partial charge in [0.15, 0.2) is 0 Å². The maximum atomic E-state index is 10.6. The van der Waals surface area contributed by atoms with E-state index in [1.165, 1.54) is 18.4 Å². The van der Waals surface area contributed by atoms with Gasteiger partial charge in [0, 0.05) is 6.20 Å². The van der Waals surface area contributed by atoms with Crippen LogP contribution in [0, 0.1) is 0 Å². The fraction of sp³-hybridized carbons (Fsp3) is 0.333. The number of pyridine rings is 1. The number of aromatic nitrogens is 2. The van der Waals surface area contributed by atoms with Gasteiger partial charge in [0.2, 0.25) is 0 Å². The van der Waals surface area contributed by atoms with Gasteiger partial charge >= 0.3 is 6.09 Å². The number of rotatable bonds is 3. The van der Waals surface area contributed by atoms with Crippen molar-refractivity contribution < 1.29 is 9.53 Å². The minimum absolute atomic E-state index is 0.00535. The zero-order valence-electron chi connectivity index (χ0n) is 9.60. The Morgan fingerprint density at radius 3 is 3.00 bits per heavy atom. The first-order valence-electron chi connectivity index (χ1n) is 5.74. The van der Waals surface area contributed by atoms with Crippen LogP contribution in [0.15, 0.2) is 18.3 Å². The van der Waals surface area contributed by atoms with Crippen molar-refractivity contribution in [3.63, 3.8) is 0 Å². The number of hydrogen-bond donors (Lipinski definition) is 1. The number of carbonyl (C=O) groups excluding carboxylic acids is 1. The molecule has 2 aromatic heterocycles. The van der Waals surface area contributed by atoms with Crippen LogP contribution in [0.5, 0.6) is 0 Å². The van der Waals surface area contributed by atoms with Crippen molar-refractivity contribution >= 4 is 23.3 Å². The van der Waals surface area contributed by atoms with E-state index >= 15 is 0 Å². The Morgan fingerprint density at radius 1 is 1.56 bits per heavy atom. The van der Waals surface area contributed by atoms with Crippen LogP contribution in [-0.2, 0) is 11.3 Å². The quantitative estimate of drug-likeness (QED) is 0.927. The number of primary amides is 1. The molecule has 0 atom stereocenters. The summed E-state index contributed by atoms with van der Waals surface area (Å²) in [6.45, 7) is -0.00535. The molecule has 1 amide bonds. The Labute approximate surface area is 109 Å². The largest absolute Gasteiger partial charge is 0.443 e. The molecule has 2 heterocycles. The highest BCUT2D eigenvalue weighted by Gasteiger charge is 2.24. The van der Waals surface area contributed by atoms with Crippen molar-refractivity contribution in [2.24, 2.45) is 5.73 Å². The molecule has 3 rings (SSSR count). The molecule has 5 nitrogen and oxygen atoms in total. The monoisotopic (exact) mass is 265 g/mol. The van der Waals surface area contributed by atoms with Crippen LogP contribution < -0.4 is 5.73 Å². The summed E-state index contributed by atoms with van der Waals surface area (Å²) >= 11 is 6.21. The van der Waals surface area contributed by atoms with Gasteiger partial charge in [0.1, 0.15) is 23.1 Å². The molecule has 94 valence electrons. The van der Waals surface area contributed by atoms with Crippen LogP contribution in [0.1, 0.15) is 30.0 Å². The van der Waals surface area contributed by atoms with Crippen molar-refractivity contribution in [2.75, 3.05) is 0 Å². The summed E-state index contributed by atoms with van der Waals surface area (Å²) in [5, 5.41) is 0.466. The smallest absolute Gasteiger partial charge is 0.404 e. The lowest BCUT2D eigenvalue weighted by atomic mass is 10.2. The number of halogens is 1. The van der Waals surface area contributed by atoms with Crippen molar-refractivity contribution in [1.29, 1.82) is 0 Å². The molecule has 0 aromatic carbocycles. The standard InChI is InChI=1S/C12H12ClN3O2/c13-11-9(6-18-12(14)17)15-10-4-3-8(5-16(10)11)7-1-2-7/h3-5,7H,1-2,6H2,(H2,14,17). The summed E-state index contributed by atoms with van der Waals surface area (Å²) in [7, 11) is 0. The first-order chi connectivity index (χ1) is 8.65. The molecule has 0 radical (unpaired) electrons. The normalized spacial score (nSPS) is 14.9. The molecule has 0 aliphatic heterocycles. The maximum Gasteiger partial charge on any atom is 0.404 e. The zero-order valence-corrected chi connectivity index (χ0v) is 10.4. The third-order valence-electron chi connectivity index (χ3n) is 3.05. The third kappa shape index (κ3) is 2.01. The summed E-state index contributed by atoms with van der Waals surface area (Å²) in [6.07, 6.45) is 3.63. The highest BCUT2D eigenvalue weighted by molar-refractivity contribution is 6.30. The van der Waals surface area contributed by atoms with Gasteiger partial charge in [-0.15, -0.1) is 0 Å². The first-order valence-corrected chi connectivity index (χ1v) is 6.11. The average Bonchev–Trinajstić information content (AvgIpc) is 3.13. The van der Waals surface area contributed by atoms with Crippen LogP contribution >= 0.6 is 11.6 Å². The Balaban J connectivity index is 1.96. The van der Waals surface area contributed by atoms with Crippen molar-refractivity contribution in [3.05, 3.63) is 34.7 Å². The molecule has 2 N–H and O–H groups in total. The van der Waals surface area contributed by atoms with E-state index in [2.05, 4.69) is 11.1 Å². The molecule has 18 heavy (non-hydrogen) atoms. The fourth-order valence-electron chi connectivity index (χ4n) is 1.97. The van der Waals surface area contributed by atoms with Gasteiger partial charge in [-0.2, -0.15) is 0 Å². The molecule has 1 fully saturated rings. The maximum absolute atomic E-state index is 10.6. The summed E-state index contributed by atoms with van der Waals surface area (Å²) < 4.78 is 6.52. The molecule has 0 bridgehead atoms. The van der Waals surface area contributed by atoms with Gasteiger partial charge in [-0.3, -0.25) is 4.40 Å². The first kappa shape index (κ1) is 11.3. The minimum atomic E-state index is -0.832. The van der Waals surface area contributed by atoms with Gasteiger partial charge in [-0.25, -0.2) is 9.78 Å². The van der Waals surface area contributed by atoms with Crippen LogP contribution in [0.2, 0.25) is 5.15 Å². The summed E-state index contributed by atoms with van der Waals surface area (Å²) in [4.78, 5) is 14.9. The van der Waals surface area contributed by atoms with Crippen molar-refractivity contribution in [3.8, 4) is 0 Å². The van der Waals surface area contributed by atoms with Crippen LogP contribution in [0.25, 0.3) is 5.65 Å². The van der Waals surface area contributed by atoms with E-state index in [4.69, 9.17) is 22.1 Å². The van der Waals surface area contributed by atoms with E-state index in [1.807, 2.05) is 16.7 Å². The predicted octanol–water partition coefficient (Wildman–Crippen LogP) is 2.46. The van der Waals surface area contributed by atoms with E-state index in [1.54, 1.807) is 0 Å². The average molecular weight is 266 g/mol. The number of fused-ring (bicyclic) bond motifs is 1.